The van der Waals surface area contributed by atoms with Crippen molar-refractivity contribution >= 4 is 5.69 Å². The second-order valence-electron chi connectivity index (χ2n) is 5.51. The molecular weight excluding hydrogens is 248 g/mol. The van der Waals surface area contributed by atoms with Crippen molar-refractivity contribution in [1.29, 1.82) is 0 Å². The van der Waals surface area contributed by atoms with Crippen LogP contribution in [0.1, 0.15) is 18.0 Å². The summed E-state index contributed by atoms with van der Waals surface area (Å²) in [5, 5.41) is 0. The number of nitrogens with zero attached hydrogens (tertiary/aromatic N) is 2. The Balaban J connectivity index is 2.41. The van der Waals surface area contributed by atoms with Crippen LogP contribution in [0.4, 0.5) is 14.5 Å². The third-order valence-electron chi connectivity index (χ3n) is 3.88. The molecule has 1 saturated heterocycles. The molecule has 1 aromatic rings. The molecule has 5 heteroatoms. The first kappa shape index (κ1) is 14.2. The van der Waals surface area contributed by atoms with Crippen LogP contribution in [-0.4, -0.2) is 39.1 Å². The van der Waals surface area contributed by atoms with Crippen LogP contribution >= 0.6 is 0 Å². The van der Waals surface area contributed by atoms with Gasteiger partial charge in [0.05, 0.1) is 0 Å². The molecule has 1 aromatic carbocycles. The summed E-state index contributed by atoms with van der Waals surface area (Å²) >= 11 is 0. The van der Waals surface area contributed by atoms with Gasteiger partial charge in [-0.05, 0) is 37.6 Å². The lowest BCUT2D eigenvalue weighted by Gasteiger charge is -2.26. The molecule has 0 radical (unpaired) electrons. The molecule has 2 rings (SSSR count). The van der Waals surface area contributed by atoms with Gasteiger partial charge in [0.15, 0.2) is 11.6 Å². The molecule has 1 fully saturated rings. The molecule has 2 unspecified atom stereocenters. The Labute approximate surface area is 113 Å². The second kappa shape index (κ2) is 5.43. The van der Waals surface area contributed by atoms with Crippen LogP contribution in [0.25, 0.3) is 0 Å². The second-order valence-corrected chi connectivity index (χ2v) is 5.51. The summed E-state index contributed by atoms with van der Waals surface area (Å²) in [6.07, 6.45) is 0.888. The summed E-state index contributed by atoms with van der Waals surface area (Å²) in [5.74, 6) is -1.17. The van der Waals surface area contributed by atoms with Crippen molar-refractivity contribution in [1.82, 2.24) is 4.90 Å². The van der Waals surface area contributed by atoms with E-state index in [4.69, 9.17) is 5.73 Å². The number of halogens is 2. The normalized spacial score (nSPS) is 23.9. The molecule has 2 N–H and O–H groups in total. The smallest absolute Gasteiger partial charge is 0.160 e. The van der Waals surface area contributed by atoms with E-state index >= 15 is 0 Å². The van der Waals surface area contributed by atoms with Crippen LogP contribution in [0, 0.1) is 17.6 Å². The lowest BCUT2D eigenvalue weighted by molar-refractivity contribution is 0.313. The fourth-order valence-electron chi connectivity index (χ4n) is 2.85. The van der Waals surface area contributed by atoms with Crippen LogP contribution in [-0.2, 0) is 0 Å². The van der Waals surface area contributed by atoms with E-state index in [2.05, 4.69) is 4.90 Å². The largest absolute Gasteiger partial charge is 0.377 e. The van der Waals surface area contributed by atoms with E-state index in [-0.39, 0.29) is 6.04 Å². The maximum Gasteiger partial charge on any atom is 0.160 e. The maximum atomic E-state index is 13.5. The predicted molar refractivity (Wildman–Crippen MR) is 73.2 cm³/mol. The molecule has 0 aliphatic carbocycles. The van der Waals surface area contributed by atoms with Crippen molar-refractivity contribution in [3.63, 3.8) is 0 Å². The number of hydrogen-bond acceptors (Lipinski definition) is 3. The van der Waals surface area contributed by atoms with Crippen LogP contribution < -0.4 is 10.6 Å². The van der Waals surface area contributed by atoms with Crippen molar-refractivity contribution in [2.45, 2.75) is 12.5 Å². The van der Waals surface area contributed by atoms with Crippen LogP contribution in [0.5, 0.6) is 0 Å². The summed E-state index contributed by atoms with van der Waals surface area (Å²) in [4.78, 5) is 3.98. The first-order chi connectivity index (χ1) is 8.93. The van der Waals surface area contributed by atoms with Crippen molar-refractivity contribution in [2.24, 2.45) is 11.7 Å². The fourth-order valence-corrected chi connectivity index (χ4v) is 2.85. The minimum Gasteiger partial charge on any atom is -0.377 e. The highest BCUT2D eigenvalue weighted by atomic mass is 19.2. The molecule has 0 amide bonds. The van der Waals surface area contributed by atoms with Gasteiger partial charge >= 0.3 is 0 Å². The first-order valence-electron chi connectivity index (χ1n) is 6.50. The quantitative estimate of drug-likeness (QED) is 0.910. The van der Waals surface area contributed by atoms with Gasteiger partial charge in [-0.25, -0.2) is 8.78 Å². The van der Waals surface area contributed by atoms with E-state index in [0.29, 0.717) is 12.5 Å². The highest BCUT2D eigenvalue weighted by molar-refractivity contribution is 5.54. The number of nitrogens with two attached hydrogens (primary N) is 1. The molecule has 1 heterocycles. The molecule has 0 aromatic heterocycles. The summed E-state index contributed by atoms with van der Waals surface area (Å²) in [5.41, 5.74) is 7.28. The van der Waals surface area contributed by atoms with Crippen molar-refractivity contribution < 1.29 is 8.78 Å². The Morgan fingerprint density at radius 2 is 1.95 bits per heavy atom. The Bertz CT molecular complexity index is 462. The molecule has 3 nitrogen and oxygen atoms in total. The number of anilines is 1. The van der Waals surface area contributed by atoms with Gasteiger partial charge < -0.3 is 10.6 Å². The van der Waals surface area contributed by atoms with Crippen molar-refractivity contribution in [3.8, 4) is 0 Å². The standard InChI is InChI=1S/C14H21F2N3/c1-18(2)13-6-12(16)11(15)5-10(13)14-4-9(7-17)8-19(14)3/h5-6,9,14H,4,7-8,17H2,1-3H3. The fraction of sp³-hybridized carbons (Fsp3) is 0.571. The highest BCUT2D eigenvalue weighted by Crippen LogP contribution is 2.38. The molecule has 2 atom stereocenters. The average molecular weight is 269 g/mol. The van der Waals surface area contributed by atoms with Gasteiger partial charge in [-0.2, -0.15) is 0 Å². The summed E-state index contributed by atoms with van der Waals surface area (Å²) in [6.45, 7) is 1.52. The highest BCUT2D eigenvalue weighted by Gasteiger charge is 2.32. The van der Waals surface area contributed by atoms with Gasteiger partial charge in [0.25, 0.3) is 0 Å². The third kappa shape index (κ3) is 2.72. The molecule has 0 bridgehead atoms. The Hall–Kier alpha value is -1.20. The van der Waals surface area contributed by atoms with E-state index in [0.717, 1.165) is 24.2 Å². The monoisotopic (exact) mass is 269 g/mol. The van der Waals surface area contributed by atoms with Crippen molar-refractivity contribution in [2.75, 3.05) is 39.1 Å². The van der Waals surface area contributed by atoms with Gasteiger partial charge in [0.1, 0.15) is 0 Å². The topological polar surface area (TPSA) is 32.5 Å². The molecule has 0 saturated carbocycles. The van der Waals surface area contributed by atoms with Crippen LogP contribution in [0.2, 0.25) is 0 Å². The number of rotatable bonds is 3. The number of hydrogen-bond donors (Lipinski definition) is 1. The number of benzene rings is 1. The zero-order valence-electron chi connectivity index (χ0n) is 11.7. The lowest BCUT2D eigenvalue weighted by atomic mass is 9.97. The lowest BCUT2D eigenvalue weighted by Crippen LogP contribution is -2.22. The van der Waals surface area contributed by atoms with Gasteiger partial charge in [-0.3, -0.25) is 4.90 Å². The van der Waals surface area contributed by atoms with Crippen LogP contribution in [0.3, 0.4) is 0 Å². The van der Waals surface area contributed by atoms with Gasteiger partial charge in [0.2, 0.25) is 0 Å². The minimum absolute atomic E-state index is 0.0982. The number of likely N-dealkylation sites (tertiary alicyclic amines) is 1. The SMILES string of the molecule is CN(C)c1cc(F)c(F)cc1C1CC(CN)CN1C. The summed E-state index contributed by atoms with van der Waals surface area (Å²) < 4.78 is 27.0. The summed E-state index contributed by atoms with van der Waals surface area (Å²) in [6, 6.07) is 2.69. The Kier molecular flexibility index (Phi) is 4.06. The zero-order chi connectivity index (χ0) is 14.2. The van der Waals surface area contributed by atoms with Gasteiger partial charge in [0, 0.05) is 38.4 Å². The third-order valence-corrected chi connectivity index (χ3v) is 3.88. The Morgan fingerprint density at radius 1 is 1.32 bits per heavy atom. The maximum absolute atomic E-state index is 13.5. The van der Waals surface area contributed by atoms with Gasteiger partial charge in [-0.1, -0.05) is 0 Å². The molecule has 0 spiro atoms. The van der Waals surface area contributed by atoms with Crippen molar-refractivity contribution in [3.05, 3.63) is 29.3 Å². The zero-order valence-corrected chi connectivity index (χ0v) is 11.7. The van der Waals surface area contributed by atoms with E-state index in [1.54, 1.807) is 0 Å². The van der Waals surface area contributed by atoms with E-state index in [1.165, 1.54) is 12.1 Å². The van der Waals surface area contributed by atoms with Crippen LogP contribution in [0.15, 0.2) is 12.1 Å². The first-order valence-corrected chi connectivity index (χ1v) is 6.50. The van der Waals surface area contributed by atoms with E-state index in [1.807, 2.05) is 26.0 Å². The van der Waals surface area contributed by atoms with E-state index in [9.17, 15) is 8.78 Å². The molecule has 1 aliphatic rings. The van der Waals surface area contributed by atoms with Gasteiger partial charge in [-0.15, -0.1) is 0 Å². The van der Waals surface area contributed by atoms with E-state index < -0.39 is 11.6 Å². The molecule has 106 valence electrons. The average Bonchev–Trinajstić information content (AvgIpc) is 2.73. The molecule has 19 heavy (non-hydrogen) atoms. The Morgan fingerprint density at radius 3 is 2.47 bits per heavy atom. The minimum atomic E-state index is -0.802. The predicted octanol–water partition coefficient (Wildman–Crippen LogP) is 1.98. The molecular formula is C14H21F2N3. The summed E-state index contributed by atoms with van der Waals surface area (Å²) in [7, 11) is 5.68. The molecule has 1 aliphatic heterocycles.